The molecule has 0 bridgehead atoms. The number of amides is 1. The highest BCUT2D eigenvalue weighted by molar-refractivity contribution is 5.97. The molecule has 0 saturated carbocycles. The number of nitrogens with zero attached hydrogens (tertiary/aromatic N) is 2. The zero-order valence-corrected chi connectivity index (χ0v) is 24.3. The van der Waals surface area contributed by atoms with Crippen molar-refractivity contribution in [3.63, 3.8) is 0 Å². The van der Waals surface area contributed by atoms with Crippen LogP contribution in [-0.4, -0.2) is 29.6 Å². The number of nitrogens with one attached hydrogen (secondary N) is 1. The van der Waals surface area contributed by atoms with Gasteiger partial charge >= 0.3 is 12.1 Å². The summed E-state index contributed by atoms with van der Waals surface area (Å²) < 4.78 is 53.4. The molecule has 0 radical (unpaired) electrons. The fourth-order valence-corrected chi connectivity index (χ4v) is 4.61. The van der Waals surface area contributed by atoms with Crippen molar-refractivity contribution in [3.05, 3.63) is 117 Å². The van der Waals surface area contributed by atoms with Crippen molar-refractivity contribution in [2.75, 3.05) is 7.11 Å². The number of ether oxygens (including phenoxy) is 2. The van der Waals surface area contributed by atoms with Crippen LogP contribution in [0.5, 0.6) is 11.5 Å². The van der Waals surface area contributed by atoms with Gasteiger partial charge in [0.25, 0.3) is 11.5 Å². The van der Waals surface area contributed by atoms with E-state index in [0.29, 0.717) is 22.6 Å². The Kier molecular flexibility index (Phi) is 9.23. The van der Waals surface area contributed by atoms with Gasteiger partial charge in [0.15, 0.2) is 0 Å². The van der Waals surface area contributed by atoms with Gasteiger partial charge in [0.05, 0.1) is 24.9 Å². The van der Waals surface area contributed by atoms with Gasteiger partial charge in [-0.3, -0.25) is 9.59 Å². The van der Waals surface area contributed by atoms with Crippen LogP contribution in [0.2, 0.25) is 0 Å². The SMILES string of the molecule is COC(=O)C(C)NC(=O)c1cccc(Oc2ccc(-c3cc(C(F)(F)F)c(C#N)c(=O)n3Cc3ccc(C)cc3C)cc2)c1. The van der Waals surface area contributed by atoms with Crippen molar-refractivity contribution in [2.24, 2.45) is 0 Å². The number of halogens is 3. The summed E-state index contributed by atoms with van der Waals surface area (Å²) in [6.07, 6.45) is -4.92. The number of rotatable bonds is 8. The number of benzene rings is 3. The van der Waals surface area contributed by atoms with Crippen LogP contribution in [-0.2, 0) is 22.3 Å². The topological polar surface area (TPSA) is 110 Å². The van der Waals surface area contributed by atoms with E-state index < -0.39 is 40.8 Å². The van der Waals surface area contributed by atoms with Gasteiger partial charge in [-0.05, 0) is 86.0 Å². The average Bonchev–Trinajstić information content (AvgIpc) is 2.98. The molecule has 1 unspecified atom stereocenters. The molecule has 4 aromatic rings. The van der Waals surface area contributed by atoms with E-state index in [0.717, 1.165) is 17.2 Å². The first-order valence-corrected chi connectivity index (χ1v) is 13.4. The number of hydrogen-bond acceptors (Lipinski definition) is 6. The maximum absolute atomic E-state index is 13.9. The highest BCUT2D eigenvalue weighted by Gasteiger charge is 2.36. The van der Waals surface area contributed by atoms with Gasteiger partial charge in [-0.2, -0.15) is 18.4 Å². The van der Waals surface area contributed by atoms with E-state index in [1.807, 2.05) is 26.0 Å². The molecule has 1 amide bonds. The molecule has 0 spiro atoms. The maximum Gasteiger partial charge on any atom is 0.417 e. The maximum atomic E-state index is 13.9. The van der Waals surface area contributed by atoms with Crippen LogP contribution in [0.1, 0.15) is 45.1 Å². The Morgan fingerprint density at radius 3 is 2.32 bits per heavy atom. The Balaban J connectivity index is 1.69. The Bertz CT molecular complexity index is 1820. The summed E-state index contributed by atoms with van der Waals surface area (Å²) in [5.41, 5.74) is -0.290. The van der Waals surface area contributed by atoms with Crippen LogP contribution < -0.4 is 15.6 Å². The molecule has 0 aliphatic rings. The highest BCUT2D eigenvalue weighted by atomic mass is 19.4. The number of aromatic nitrogens is 1. The fourth-order valence-electron chi connectivity index (χ4n) is 4.61. The number of aryl methyl sites for hydroxylation is 2. The highest BCUT2D eigenvalue weighted by Crippen LogP contribution is 2.34. The minimum absolute atomic E-state index is 0.0220. The van der Waals surface area contributed by atoms with Crippen molar-refractivity contribution in [1.82, 2.24) is 9.88 Å². The van der Waals surface area contributed by atoms with Crippen LogP contribution in [0.15, 0.2) is 77.6 Å². The molecule has 11 heteroatoms. The largest absolute Gasteiger partial charge is 0.467 e. The van der Waals surface area contributed by atoms with Gasteiger partial charge in [0, 0.05) is 5.56 Å². The monoisotopic (exact) mass is 603 g/mol. The van der Waals surface area contributed by atoms with E-state index in [9.17, 15) is 32.8 Å². The van der Waals surface area contributed by atoms with Gasteiger partial charge in [-0.15, -0.1) is 0 Å². The summed E-state index contributed by atoms with van der Waals surface area (Å²) in [6.45, 7) is 5.18. The van der Waals surface area contributed by atoms with Crippen LogP contribution in [0.25, 0.3) is 11.3 Å². The standard InChI is InChI=1S/C33H28F3N3O5/c1-19-8-9-24(20(2)14-19)18-39-29(16-28(33(34,35)36)27(17-37)31(39)41)22-10-12-25(13-11-22)44-26-7-5-6-23(15-26)30(40)38-21(3)32(42)43-4/h5-16,21H,18H2,1-4H3,(H,38,40). The predicted molar refractivity (Wildman–Crippen MR) is 156 cm³/mol. The minimum atomic E-state index is -4.92. The number of methoxy groups -OCH3 is 1. The fraction of sp³-hybridized carbons (Fsp3) is 0.212. The van der Waals surface area contributed by atoms with Crippen molar-refractivity contribution < 1.29 is 32.2 Å². The predicted octanol–water partition coefficient (Wildman–Crippen LogP) is 6.15. The first-order valence-electron chi connectivity index (χ1n) is 13.4. The minimum Gasteiger partial charge on any atom is -0.467 e. The second kappa shape index (κ2) is 12.9. The lowest BCUT2D eigenvalue weighted by Gasteiger charge is -2.19. The summed E-state index contributed by atoms with van der Waals surface area (Å²) >= 11 is 0. The van der Waals surface area contributed by atoms with Crippen molar-refractivity contribution in [3.8, 4) is 28.8 Å². The first-order chi connectivity index (χ1) is 20.8. The Labute approximate surface area is 251 Å². The summed E-state index contributed by atoms with van der Waals surface area (Å²) in [6, 6.07) is 19.2. The Morgan fingerprint density at radius 2 is 1.70 bits per heavy atom. The van der Waals surface area contributed by atoms with E-state index in [-0.39, 0.29) is 17.8 Å². The van der Waals surface area contributed by atoms with Crippen molar-refractivity contribution in [2.45, 2.75) is 39.5 Å². The normalized spacial score (nSPS) is 11.8. The molecule has 1 heterocycles. The number of nitriles is 1. The molecule has 1 N–H and O–H groups in total. The third-order valence-electron chi connectivity index (χ3n) is 6.93. The molecule has 226 valence electrons. The van der Waals surface area contributed by atoms with Crippen LogP contribution in [0.4, 0.5) is 13.2 Å². The molecular weight excluding hydrogens is 575 g/mol. The molecule has 0 aliphatic carbocycles. The van der Waals surface area contributed by atoms with E-state index in [4.69, 9.17) is 4.74 Å². The van der Waals surface area contributed by atoms with Gasteiger partial charge in [-0.25, -0.2) is 4.79 Å². The van der Waals surface area contributed by atoms with Crippen molar-refractivity contribution in [1.29, 1.82) is 5.26 Å². The number of hydrogen-bond donors (Lipinski definition) is 1. The lowest BCUT2D eigenvalue weighted by atomic mass is 10.0. The van der Waals surface area contributed by atoms with Crippen LogP contribution in [0.3, 0.4) is 0 Å². The van der Waals surface area contributed by atoms with Crippen LogP contribution >= 0.6 is 0 Å². The molecule has 0 fully saturated rings. The lowest BCUT2D eigenvalue weighted by Crippen LogP contribution is -2.39. The molecule has 0 saturated heterocycles. The average molecular weight is 604 g/mol. The number of alkyl halides is 3. The molecule has 0 aliphatic heterocycles. The van der Waals surface area contributed by atoms with Gasteiger partial charge in [0.1, 0.15) is 29.2 Å². The molecule has 1 atom stereocenters. The number of carbonyl (C=O) groups is 2. The Morgan fingerprint density at radius 1 is 1.00 bits per heavy atom. The molecule has 1 aromatic heterocycles. The molecular formula is C33H28F3N3O5. The smallest absolute Gasteiger partial charge is 0.417 e. The third kappa shape index (κ3) is 6.98. The van der Waals surface area contributed by atoms with Gasteiger partial charge in [-0.1, -0.05) is 29.8 Å². The summed E-state index contributed by atoms with van der Waals surface area (Å²) in [5.74, 6) is -0.524. The molecule has 8 nitrogen and oxygen atoms in total. The van der Waals surface area contributed by atoms with E-state index in [1.165, 1.54) is 61.1 Å². The zero-order valence-electron chi connectivity index (χ0n) is 24.3. The second-order valence-electron chi connectivity index (χ2n) is 10.1. The van der Waals surface area contributed by atoms with Crippen molar-refractivity contribution >= 4 is 11.9 Å². The third-order valence-corrected chi connectivity index (χ3v) is 6.93. The summed E-state index contributed by atoms with van der Waals surface area (Å²) in [4.78, 5) is 37.5. The molecule has 4 rings (SSSR count). The van der Waals surface area contributed by atoms with E-state index in [2.05, 4.69) is 10.1 Å². The lowest BCUT2D eigenvalue weighted by molar-refractivity contribution is -0.142. The van der Waals surface area contributed by atoms with E-state index in [1.54, 1.807) is 18.2 Å². The Hall–Kier alpha value is -5.37. The number of pyridine rings is 1. The number of esters is 1. The first kappa shape index (κ1) is 31.6. The van der Waals surface area contributed by atoms with Crippen LogP contribution in [0, 0.1) is 25.2 Å². The van der Waals surface area contributed by atoms with E-state index >= 15 is 0 Å². The van der Waals surface area contributed by atoms with Gasteiger partial charge in [0.2, 0.25) is 0 Å². The summed E-state index contributed by atoms with van der Waals surface area (Å²) in [7, 11) is 1.21. The van der Waals surface area contributed by atoms with Gasteiger partial charge < -0.3 is 19.4 Å². The second-order valence-corrected chi connectivity index (χ2v) is 10.1. The molecule has 44 heavy (non-hydrogen) atoms. The number of carbonyl (C=O) groups excluding carboxylic acids is 2. The zero-order chi connectivity index (χ0) is 32.2. The quantitative estimate of drug-likeness (QED) is 0.242. The summed E-state index contributed by atoms with van der Waals surface area (Å²) in [5, 5.41) is 12.0. The molecule has 3 aromatic carbocycles.